The number of aryl methyl sites for hydroxylation is 1. The van der Waals surface area contributed by atoms with Gasteiger partial charge in [0.15, 0.2) is 0 Å². The van der Waals surface area contributed by atoms with Crippen LogP contribution < -0.4 is 10.5 Å². The molecule has 2 nitrogen and oxygen atoms in total. The molecule has 0 aliphatic heterocycles. The maximum atomic E-state index is 6.18. The van der Waals surface area contributed by atoms with Gasteiger partial charge in [-0.2, -0.15) is 0 Å². The van der Waals surface area contributed by atoms with Crippen molar-refractivity contribution < 1.29 is 4.74 Å². The highest BCUT2D eigenvalue weighted by molar-refractivity contribution is 6.42. The minimum atomic E-state index is 0.115. The zero-order valence-corrected chi connectivity index (χ0v) is 13.7. The largest absolute Gasteiger partial charge is 0.455 e. The average molecular weight is 324 g/mol. The Labute approximate surface area is 135 Å². The molecular weight excluding hydrogens is 305 g/mol. The summed E-state index contributed by atoms with van der Waals surface area (Å²) < 4.78 is 5.95. The predicted molar refractivity (Wildman–Crippen MR) is 89.7 cm³/mol. The molecule has 4 heteroatoms. The van der Waals surface area contributed by atoms with Crippen LogP contribution in [-0.4, -0.2) is 6.04 Å². The molecule has 112 valence electrons. The summed E-state index contributed by atoms with van der Waals surface area (Å²) in [5.41, 5.74) is 8.33. The molecule has 1 unspecified atom stereocenters. The van der Waals surface area contributed by atoms with E-state index in [0.29, 0.717) is 15.8 Å². The van der Waals surface area contributed by atoms with E-state index in [-0.39, 0.29) is 6.04 Å². The number of halogens is 2. The molecular formula is C17H19Cl2NO. The summed E-state index contributed by atoms with van der Waals surface area (Å²) in [5, 5.41) is 0.901. The van der Waals surface area contributed by atoms with Crippen molar-refractivity contribution in [2.24, 2.45) is 5.73 Å². The highest BCUT2D eigenvalue weighted by Crippen LogP contribution is 2.36. The molecule has 2 rings (SSSR count). The van der Waals surface area contributed by atoms with Gasteiger partial charge in [0.1, 0.15) is 16.5 Å². The van der Waals surface area contributed by atoms with Crippen molar-refractivity contribution in [3.8, 4) is 11.5 Å². The fraction of sp³-hybridized carbons (Fsp3) is 0.294. The number of nitrogens with two attached hydrogens (primary N) is 1. The fourth-order valence-corrected chi connectivity index (χ4v) is 2.41. The van der Waals surface area contributed by atoms with Gasteiger partial charge in [0.2, 0.25) is 0 Å². The first-order valence-electron chi connectivity index (χ1n) is 6.98. The molecule has 1 atom stereocenters. The van der Waals surface area contributed by atoms with E-state index in [4.69, 9.17) is 33.7 Å². The van der Waals surface area contributed by atoms with Gasteiger partial charge in [-0.15, -0.1) is 0 Å². The zero-order chi connectivity index (χ0) is 15.4. The fourth-order valence-electron chi connectivity index (χ4n) is 2.08. The molecule has 21 heavy (non-hydrogen) atoms. The van der Waals surface area contributed by atoms with E-state index in [0.717, 1.165) is 24.2 Å². The lowest BCUT2D eigenvalue weighted by Gasteiger charge is -2.16. The van der Waals surface area contributed by atoms with Crippen molar-refractivity contribution in [3.63, 3.8) is 0 Å². The second kappa shape index (κ2) is 7.17. The summed E-state index contributed by atoms with van der Waals surface area (Å²) in [6, 6.07) is 11.5. The van der Waals surface area contributed by atoms with Crippen molar-refractivity contribution >= 4 is 23.2 Å². The van der Waals surface area contributed by atoms with Crippen molar-refractivity contribution in [3.05, 3.63) is 57.6 Å². The number of ether oxygens (including phenoxy) is 1. The number of hydrogen-bond donors (Lipinski definition) is 1. The van der Waals surface area contributed by atoms with Crippen molar-refractivity contribution in [2.75, 3.05) is 0 Å². The monoisotopic (exact) mass is 323 g/mol. The standard InChI is InChI=1S/C17H19Cl2NO/c1-3-13(20)10-12-9-11(2)7-8-15(12)21-16-6-4-5-14(18)17(16)19/h4-9,13H,3,10,20H2,1-2H3. The van der Waals surface area contributed by atoms with Gasteiger partial charge in [-0.3, -0.25) is 0 Å². The summed E-state index contributed by atoms with van der Waals surface area (Å²) in [6.07, 6.45) is 1.69. The third-order valence-corrected chi connectivity index (χ3v) is 4.16. The highest BCUT2D eigenvalue weighted by Gasteiger charge is 2.12. The Hall–Kier alpha value is -1.22. The molecule has 2 aromatic carbocycles. The van der Waals surface area contributed by atoms with E-state index in [1.54, 1.807) is 12.1 Å². The van der Waals surface area contributed by atoms with Gasteiger partial charge in [0.25, 0.3) is 0 Å². The van der Waals surface area contributed by atoms with Crippen molar-refractivity contribution in [1.29, 1.82) is 0 Å². The zero-order valence-electron chi connectivity index (χ0n) is 12.2. The Bertz CT molecular complexity index is 628. The normalized spacial score (nSPS) is 12.2. The van der Waals surface area contributed by atoms with Crippen molar-refractivity contribution in [2.45, 2.75) is 32.7 Å². The van der Waals surface area contributed by atoms with E-state index in [9.17, 15) is 0 Å². The summed E-state index contributed by atoms with van der Waals surface area (Å²) in [6.45, 7) is 4.13. The topological polar surface area (TPSA) is 35.2 Å². The van der Waals surface area contributed by atoms with Crippen LogP contribution in [0.2, 0.25) is 10.0 Å². The number of rotatable bonds is 5. The molecule has 0 amide bonds. The minimum absolute atomic E-state index is 0.115. The molecule has 0 bridgehead atoms. The lowest BCUT2D eigenvalue weighted by molar-refractivity contribution is 0.472. The van der Waals surface area contributed by atoms with Gasteiger partial charge in [-0.25, -0.2) is 0 Å². The molecule has 0 fully saturated rings. The molecule has 0 radical (unpaired) electrons. The van der Waals surface area contributed by atoms with Crippen LogP contribution in [0.1, 0.15) is 24.5 Å². The SMILES string of the molecule is CCC(N)Cc1cc(C)ccc1Oc1cccc(Cl)c1Cl. The average Bonchev–Trinajstić information content (AvgIpc) is 2.46. The van der Waals surface area contributed by atoms with Crippen molar-refractivity contribution in [1.82, 2.24) is 0 Å². The van der Waals surface area contributed by atoms with Gasteiger partial charge >= 0.3 is 0 Å². The Kier molecular flexibility index (Phi) is 5.51. The van der Waals surface area contributed by atoms with E-state index in [1.807, 2.05) is 18.2 Å². The molecule has 0 aromatic heterocycles. The molecule has 0 heterocycles. The second-order valence-electron chi connectivity index (χ2n) is 5.14. The Morgan fingerprint density at radius 3 is 2.62 bits per heavy atom. The molecule has 2 N–H and O–H groups in total. The lowest BCUT2D eigenvalue weighted by Crippen LogP contribution is -2.21. The second-order valence-corrected chi connectivity index (χ2v) is 5.92. The maximum Gasteiger partial charge on any atom is 0.147 e. The van der Waals surface area contributed by atoms with Gasteiger partial charge in [-0.05, 0) is 43.5 Å². The van der Waals surface area contributed by atoms with Crippen LogP contribution in [0, 0.1) is 6.92 Å². The number of hydrogen-bond acceptors (Lipinski definition) is 2. The van der Waals surface area contributed by atoms with Crippen LogP contribution in [-0.2, 0) is 6.42 Å². The minimum Gasteiger partial charge on any atom is -0.455 e. The van der Waals surface area contributed by atoms with Gasteiger partial charge in [0, 0.05) is 6.04 Å². The predicted octanol–water partition coefficient (Wildman–Crippen LogP) is 5.37. The van der Waals surface area contributed by atoms with Gasteiger partial charge < -0.3 is 10.5 Å². The Morgan fingerprint density at radius 2 is 1.90 bits per heavy atom. The first-order chi connectivity index (χ1) is 10.0. The third-order valence-electron chi connectivity index (χ3n) is 3.36. The summed E-state index contributed by atoms with van der Waals surface area (Å²) >= 11 is 12.2. The van der Waals surface area contributed by atoms with E-state index in [2.05, 4.69) is 19.9 Å². The molecule has 2 aromatic rings. The van der Waals surface area contributed by atoms with Gasteiger partial charge in [-0.1, -0.05) is 53.9 Å². The van der Waals surface area contributed by atoms with Crippen LogP contribution in [0.25, 0.3) is 0 Å². The quantitative estimate of drug-likeness (QED) is 0.802. The summed E-state index contributed by atoms with van der Waals surface area (Å²) in [5.74, 6) is 1.33. The van der Waals surface area contributed by atoms with E-state index >= 15 is 0 Å². The van der Waals surface area contributed by atoms with E-state index < -0.39 is 0 Å². The molecule has 0 aliphatic carbocycles. The first-order valence-corrected chi connectivity index (χ1v) is 7.73. The molecule has 0 aliphatic rings. The van der Waals surface area contributed by atoms with Crippen LogP contribution in [0.15, 0.2) is 36.4 Å². The van der Waals surface area contributed by atoms with E-state index in [1.165, 1.54) is 5.56 Å². The Balaban J connectivity index is 2.33. The lowest BCUT2D eigenvalue weighted by atomic mass is 10.0. The maximum absolute atomic E-state index is 6.18. The van der Waals surface area contributed by atoms with Crippen LogP contribution >= 0.6 is 23.2 Å². The molecule has 0 spiro atoms. The molecule has 0 saturated heterocycles. The van der Waals surface area contributed by atoms with Gasteiger partial charge in [0.05, 0.1) is 5.02 Å². The summed E-state index contributed by atoms with van der Waals surface area (Å²) in [4.78, 5) is 0. The smallest absolute Gasteiger partial charge is 0.147 e. The Morgan fingerprint density at radius 1 is 1.14 bits per heavy atom. The van der Waals surface area contributed by atoms with Crippen LogP contribution in [0.5, 0.6) is 11.5 Å². The third kappa shape index (κ3) is 4.13. The highest BCUT2D eigenvalue weighted by atomic mass is 35.5. The molecule has 0 saturated carbocycles. The summed E-state index contributed by atoms with van der Waals surface area (Å²) in [7, 11) is 0. The van der Waals surface area contributed by atoms with Crippen LogP contribution in [0.4, 0.5) is 0 Å². The number of benzene rings is 2. The first kappa shape index (κ1) is 16.2. The van der Waals surface area contributed by atoms with Crippen LogP contribution in [0.3, 0.4) is 0 Å².